The normalized spacial score (nSPS) is 12.0. The molecule has 0 fully saturated rings. The minimum Gasteiger partial charge on any atom is -0.453 e. The summed E-state index contributed by atoms with van der Waals surface area (Å²) in [5.74, 6) is 0.674. The van der Waals surface area contributed by atoms with Gasteiger partial charge >= 0.3 is 7.25 Å². The fourth-order valence-corrected chi connectivity index (χ4v) is 3.55. The second-order valence-corrected chi connectivity index (χ2v) is 7.80. The van der Waals surface area contributed by atoms with Crippen molar-refractivity contribution in [3.05, 3.63) is 36.1 Å². The van der Waals surface area contributed by atoms with Crippen molar-refractivity contribution >= 4 is 24.0 Å². The van der Waals surface area contributed by atoms with Gasteiger partial charge in [0.25, 0.3) is 5.78 Å². The zero-order valence-corrected chi connectivity index (χ0v) is 18.3. The number of hydrogen-bond acceptors (Lipinski definition) is 2. The third-order valence-corrected chi connectivity index (χ3v) is 5.14. The van der Waals surface area contributed by atoms with Gasteiger partial charge in [-0.15, -0.1) is 0 Å². The minimum absolute atomic E-state index is 0.152. The molecule has 2 rings (SSSR count). The number of rotatable bonds is 12. The van der Waals surface area contributed by atoms with Gasteiger partial charge in [0, 0.05) is 5.39 Å². The summed E-state index contributed by atoms with van der Waals surface area (Å²) in [5.41, 5.74) is 0.805. The highest BCUT2D eigenvalue weighted by Gasteiger charge is 2.30. The number of unbranched alkanes of at least 4 members (excludes halogenated alkanes) is 3. The summed E-state index contributed by atoms with van der Waals surface area (Å²) in [4.78, 5) is 13.0. The zero-order chi connectivity index (χ0) is 22.6. The highest BCUT2D eigenvalue weighted by Crippen LogP contribution is 2.22. The molecule has 0 unspecified atom stereocenters. The lowest BCUT2D eigenvalue weighted by Gasteiger charge is -2.38. The van der Waals surface area contributed by atoms with E-state index in [9.17, 15) is 22.1 Å². The summed E-state index contributed by atoms with van der Waals surface area (Å²) >= 11 is 0. The number of halogens is 4. The van der Waals surface area contributed by atoms with Crippen LogP contribution in [0.15, 0.2) is 34.7 Å². The number of para-hydroxylation sites is 1. The van der Waals surface area contributed by atoms with Gasteiger partial charge in [0.2, 0.25) is 0 Å². The van der Waals surface area contributed by atoms with Crippen LogP contribution in [-0.4, -0.2) is 43.7 Å². The van der Waals surface area contributed by atoms with Crippen molar-refractivity contribution < 1.29 is 31.0 Å². The molecule has 0 aliphatic rings. The molecule has 1 aromatic carbocycles. The highest BCUT2D eigenvalue weighted by molar-refractivity contribution is 6.50. The van der Waals surface area contributed by atoms with Gasteiger partial charge in [0.05, 0.1) is 19.6 Å². The molecule has 0 spiro atoms. The van der Waals surface area contributed by atoms with Gasteiger partial charge in [-0.05, 0) is 31.4 Å². The highest BCUT2D eigenvalue weighted by atomic mass is 19.5. The Balaban J connectivity index is 0.000000804. The average molecular weight is 431 g/mol. The second-order valence-electron chi connectivity index (χ2n) is 7.80. The first kappa shape index (κ1) is 26.2. The molecule has 1 heterocycles. The van der Waals surface area contributed by atoms with Gasteiger partial charge in [-0.25, -0.2) is 0 Å². The van der Waals surface area contributed by atoms with Crippen molar-refractivity contribution in [1.29, 1.82) is 0 Å². The number of fused-ring (bicyclic) bond motifs is 1. The summed E-state index contributed by atoms with van der Waals surface area (Å²) in [6, 6.07) is 9.77. The summed E-state index contributed by atoms with van der Waals surface area (Å²) in [7, 11) is -6.00. The van der Waals surface area contributed by atoms with Crippen LogP contribution in [0.1, 0.15) is 69.9 Å². The molecule has 1 aromatic heterocycles. The monoisotopic (exact) mass is 431 g/mol. The molecule has 0 bridgehead atoms. The summed E-state index contributed by atoms with van der Waals surface area (Å²) in [6.45, 7) is 10.6. The Hall–Kier alpha value is -1.83. The minimum atomic E-state index is -6.00. The van der Waals surface area contributed by atoms with Crippen LogP contribution in [0.4, 0.5) is 17.3 Å². The number of benzene rings is 1. The van der Waals surface area contributed by atoms with Crippen LogP contribution >= 0.6 is 0 Å². The average Bonchev–Trinajstić information content (AvgIpc) is 3.12. The molecule has 30 heavy (non-hydrogen) atoms. The number of ketones is 1. The van der Waals surface area contributed by atoms with Gasteiger partial charge in [-0.3, -0.25) is 4.79 Å². The molecule has 2 aromatic rings. The van der Waals surface area contributed by atoms with Crippen molar-refractivity contribution in [2.75, 3.05) is 26.2 Å². The van der Waals surface area contributed by atoms with Crippen LogP contribution in [0.25, 0.3) is 11.0 Å². The Kier molecular flexibility index (Phi) is 11.2. The van der Waals surface area contributed by atoms with E-state index >= 15 is 0 Å². The lowest BCUT2D eigenvalue weighted by atomic mass is 10.1. The number of carbonyl (C=O) groups excluding carboxylic acids is 1. The standard InChI is InChI=1S/C22H34NO2.BF4/c1-4-7-14-23(15-8-5-2,16-9-6-3)18-20(24)22-17-19-12-10-11-13-21(19)25-22;2-1(3,4)5/h10-13,17H,4-9,14-16,18H2,1-3H3;/q+1;-1. The molecular weight excluding hydrogens is 397 g/mol. The first-order chi connectivity index (χ1) is 14.1. The van der Waals surface area contributed by atoms with E-state index in [2.05, 4.69) is 20.8 Å². The third-order valence-electron chi connectivity index (χ3n) is 5.14. The molecule has 170 valence electrons. The van der Waals surface area contributed by atoms with Crippen LogP contribution in [0.5, 0.6) is 0 Å². The van der Waals surface area contributed by atoms with E-state index in [-0.39, 0.29) is 5.78 Å². The Morgan fingerprint density at radius 1 is 0.900 bits per heavy atom. The number of nitrogens with zero attached hydrogens (tertiary/aromatic N) is 1. The van der Waals surface area contributed by atoms with Gasteiger partial charge in [-0.2, -0.15) is 0 Å². The summed E-state index contributed by atoms with van der Waals surface area (Å²) in [5, 5.41) is 1.01. The molecule has 0 saturated carbocycles. The molecule has 0 aliphatic carbocycles. The molecule has 3 nitrogen and oxygen atoms in total. The van der Waals surface area contributed by atoms with E-state index in [0.717, 1.165) is 35.1 Å². The van der Waals surface area contributed by atoms with E-state index in [1.807, 2.05) is 30.3 Å². The van der Waals surface area contributed by atoms with Crippen LogP contribution in [0, 0.1) is 0 Å². The van der Waals surface area contributed by atoms with Gasteiger partial charge in [0.15, 0.2) is 5.76 Å². The topological polar surface area (TPSA) is 30.2 Å². The third kappa shape index (κ3) is 9.78. The van der Waals surface area contributed by atoms with Crippen LogP contribution < -0.4 is 0 Å². The number of hydrogen-bond donors (Lipinski definition) is 0. The number of furan rings is 1. The van der Waals surface area contributed by atoms with Crippen LogP contribution in [0.2, 0.25) is 0 Å². The zero-order valence-electron chi connectivity index (χ0n) is 18.3. The smallest absolute Gasteiger partial charge is 0.453 e. The predicted octanol–water partition coefficient (Wildman–Crippen LogP) is 7.13. The van der Waals surface area contributed by atoms with Crippen molar-refractivity contribution in [2.45, 2.75) is 59.3 Å². The molecule has 0 radical (unpaired) electrons. The second kappa shape index (κ2) is 12.8. The first-order valence-electron chi connectivity index (χ1n) is 10.9. The molecule has 8 heteroatoms. The van der Waals surface area contributed by atoms with Crippen LogP contribution in [0.3, 0.4) is 0 Å². The van der Waals surface area contributed by atoms with Crippen molar-refractivity contribution in [3.8, 4) is 0 Å². The fraction of sp³-hybridized carbons (Fsp3) is 0.591. The lowest BCUT2D eigenvalue weighted by molar-refractivity contribution is -0.921. The molecule has 0 N–H and O–H groups in total. The molecule has 0 saturated heterocycles. The molecule has 0 atom stereocenters. The summed E-state index contributed by atoms with van der Waals surface area (Å²) in [6.07, 6.45) is 7.08. The number of Topliss-reactive ketones (excluding diaryl/α,β-unsaturated/α-hetero) is 1. The maximum Gasteiger partial charge on any atom is 0.673 e. The van der Waals surface area contributed by atoms with E-state index in [0.29, 0.717) is 12.3 Å². The van der Waals surface area contributed by atoms with E-state index < -0.39 is 7.25 Å². The number of carbonyl (C=O) groups is 1. The Morgan fingerprint density at radius 3 is 1.80 bits per heavy atom. The maximum atomic E-state index is 13.0. The SMILES string of the molecule is CCCC[N+](CCCC)(CCCC)CC(=O)c1cc2ccccc2o1.F[B-](F)(F)F. The maximum absolute atomic E-state index is 13.0. The van der Waals surface area contributed by atoms with Crippen LogP contribution in [-0.2, 0) is 0 Å². The van der Waals surface area contributed by atoms with Crippen molar-refractivity contribution in [1.82, 2.24) is 0 Å². The molecule has 0 aliphatic heterocycles. The lowest BCUT2D eigenvalue weighted by Crippen LogP contribution is -2.53. The molecular formula is C22H34BF4NO2. The fourth-order valence-electron chi connectivity index (χ4n) is 3.55. The van der Waals surface area contributed by atoms with Gasteiger partial charge < -0.3 is 26.2 Å². The predicted molar refractivity (Wildman–Crippen MR) is 115 cm³/mol. The Bertz CT molecular complexity index is 700. The van der Waals surface area contributed by atoms with Crippen molar-refractivity contribution in [2.24, 2.45) is 0 Å². The first-order valence-corrected chi connectivity index (χ1v) is 10.9. The Morgan fingerprint density at radius 2 is 1.37 bits per heavy atom. The molecule has 0 amide bonds. The van der Waals surface area contributed by atoms with E-state index in [1.54, 1.807) is 0 Å². The van der Waals surface area contributed by atoms with E-state index in [1.165, 1.54) is 38.5 Å². The van der Waals surface area contributed by atoms with Crippen molar-refractivity contribution in [3.63, 3.8) is 0 Å². The summed E-state index contributed by atoms with van der Waals surface area (Å²) < 4.78 is 45.8. The van der Waals surface area contributed by atoms with E-state index in [4.69, 9.17) is 4.42 Å². The largest absolute Gasteiger partial charge is 0.673 e. The quantitative estimate of drug-likeness (QED) is 0.155. The number of quaternary nitrogens is 1. The van der Waals surface area contributed by atoms with Gasteiger partial charge in [-0.1, -0.05) is 58.2 Å². The Labute approximate surface area is 177 Å². The van der Waals surface area contributed by atoms with Gasteiger partial charge in [0.1, 0.15) is 12.1 Å².